The Hall–Kier alpha value is -4.31. The fourth-order valence-corrected chi connectivity index (χ4v) is 4.86. The van der Waals surface area contributed by atoms with Gasteiger partial charge in [0, 0.05) is 47.6 Å². The minimum Gasteiger partial charge on any atom is -0.507 e. The monoisotopic (exact) mass is 526 g/mol. The lowest BCUT2D eigenvalue weighted by Crippen LogP contribution is -2.31. The van der Waals surface area contributed by atoms with Crippen molar-refractivity contribution in [3.8, 4) is 46.0 Å². The Bertz CT molecular complexity index is 1410. The molecule has 3 aromatic carbocycles. The van der Waals surface area contributed by atoms with Crippen molar-refractivity contribution in [3.63, 3.8) is 0 Å². The van der Waals surface area contributed by atoms with Crippen LogP contribution in [0.5, 0.6) is 46.0 Å². The second-order valence-corrected chi connectivity index (χ2v) is 9.32. The number of phenolic OH excluding ortho intramolecular Hbond substituents is 6. The number of aliphatic hydroxyl groups excluding tert-OH is 1. The van der Waals surface area contributed by atoms with E-state index in [1.165, 1.54) is 32.2 Å². The highest BCUT2D eigenvalue weighted by atomic mass is 16.5. The smallest absolute Gasteiger partial charge is 0.170 e. The number of carbonyl (C=O) groups is 1. The normalized spacial score (nSPS) is 16.5. The van der Waals surface area contributed by atoms with E-state index in [4.69, 9.17) is 9.47 Å². The first kappa shape index (κ1) is 26.7. The predicted molar refractivity (Wildman–Crippen MR) is 136 cm³/mol. The number of phenols is 6. The van der Waals surface area contributed by atoms with Crippen molar-refractivity contribution >= 4 is 5.78 Å². The molecule has 0 aliphatic carbocycles. The number of Topliss-reactive ketones (excluding diaryl/α,β-unsaturated/α-hetero) is 1. The summed E-state index contributed by atoms with van der Waals surface area (Å²) in [6.07, 6.45) is -1.93. The van der Waals surface area contributed by atoms with Gasteiger partial charge in [0.05, 0.1) is 13.2 Å². The molecule has 1 aliphatic heterocycles. The molecule has 10 heteroatoms. The summed E-state index contributed by atoms with van der Waals surface area (Å²) in [5, 5.41) is 73.7. The summed E-state index contributed by atoms with van der Waals surface area (Å²) in [7, 11) is 1.33. The van der Waals surface area contributed by atoms with Gasteiger partial charge in [0.1, 0.15) is 46.2 Å². The lowest BCUT2D eigenvalue weighted by Gasteiger charge is -2.33. The van der Waals surface area contributed by atoms with E-state index in [1.54, 1.807) is 0 Å². The van der Waals surface area contributed by atoms with E-state index in [2.05, 4.69) is 0 Å². The lowest BCUT2D eigenvalue weighted by atomic mass is 9.88. The Morgan fingerprint density at radius 3 is 2.32 bits per heavy atom. The maximum absolute atomic E-state index is 12.9. The fraction of sp³-hybridized carbons (Fsp3) is 0.321. The largest absolute Gasteiger partial charge is 0.507 e. The van der Waals surface area contributed by atoms with E-state index >= 15 is 0 Å². The van der Waals surface area contributed by atoms with Crippen LogP contribution in [0.15, 0.2) is 24.3 Å². The number of benzene rings is 3. The Morgan fingerprint density at radius 2 is 1.68 bits per heavy atom. The molecule has 0 amide bonds. The van der Waals surface area contributed by atoms with Gasteiger partial charge in [-0.1, -0.05) is 13.0 Å². The number of aliphatic hydroxyl groups is 1. The average Bonchev–Trinajstić information content (AvgIpc) is 2.87. The van der Waals surface area contributed by atoms with Crippen molar-refractivity contribution in [1.29, 1.82) is 0 Å². The Morgan fingerprint density at radius 1 is 0.974 bits per heavy atom. The van der Waals surface area contributed by atoms with Gasteiger partial charge in [-0.15, -0.1) is 0 Å². The van der Waals surface area contributed by atoms with Crippen LogP contribution in [0.4, 0.5) is 0 Å². The number of fused-ring (bicyclic) bond motifs is 1. The van der Waals surface area contributed by atoms with Crippen molar-refractivity contribution in [2.75, 3.05) is 7.11 Å². The van der Waals surface area contributed by atoms with Crippen molar-refractivity contribution in [2.24, 2.45) is 0 Å². The molecule has 0 spiro atoms. The van der Waals surface area contributed by atoms with Crippen LogP contribution in [-0.4, -0.2) is 54.7 Å². The van der Waals surface area contributed by atoms with Gasteiger partial charge in [-0.05, 0) is 31.0 Å². The number of methoxy groups -OCH3 is 1. The van der Waals surface area contributed by atoms with Crippen LogP contribution in [0.1, 0.15) is 64.0 Å². The molecule has 1 heterocycles. The number of rotatable bonds is 7. The number of aromatic hydroxyl groups is 6. The predicted octanol–water partition coefficient (Wildman–Crippen LogP) is 3.85. The fourth-order valence-electron chi connectivity index (χ4n) is 4.86. The molecule has 0 saturated carbocycles. The molecular weight excluding hydrogens is 496 g/mol. The van der Waals surface area contributed by atoms with Gasteiger partial charge in [-0.3, -0.25) is 4.79 Å². The third kappa shape index (κ3) is 4.47. The second kappa shape index (κ2) is 10.2. The molecule has 0 unspecified atom stereocenters. The Kier molecular flexibility index (Phi) is 7.19. The Labute approximate surface area is 218 Å². The van der Waals surface area contributed by atoms with Crippen LogP contribution < -0.4 is 9.47 Å². The minimum absolute atomic E-state index is 0.0130. The standard InChI is InChI=1S/C28H30O10/c1-4-5-18(30)23-25(36)16(24(35)12(2)26(23)37-3)9-14-19(31)11-20(32)15-10-22(34)27(38-28(14)15)13-6-7-17(29)21(33)8-13/h6-8,11,22,27,29,31-36H,4-5,9-10H2,1-3H3/t22-,27-/m1/s1. The summed E-state index contributed by atoms with van der Waals surface area (Å²) in [5.74, 6) is -2.67. The quantitative estimate of drug-likeness (QED) is 0.177. The molecule has 10 nitrogen and oxygen atoms in total. The molecule has 3 aromatic rings. The SMILES string of the molecule is CCCC(=O)c1c(O)c(Cc2c(O)cc(O)c3c2O[C@H](c2ccc(O)c(O)c2)[C@H](O)C3)c(O)c(C)c1OC. The molecule has 2 atom stereocenters. The number of ether oxygens (including phenoxy) is 2. The van der Waals surface area contributed by atoms with E-state index in [0.717, 1.165) is 6.07 Å². The Balaban J connectivity index is 1.86. The van der Waals surface area contributed by atoms with Crippen molar-refractivity contribution < 1.29 is 50.0 Å². The molecule has 4 rings (SSSR count). The number of carbonyl (C=O) groups excluding carboxylic acids is 1. The first-order valence-electron chi connectivity index (χ1n) is 12.1. The van der Waals surface area contributed by atoms with Gasteiger partial charge >= 0.3 is 0 Å². The van der Waals surface area contributed by atoms with E-state index in [9.17, 15) is 40.5 Å². The van der Waals surface area contributed by atoms with E-state index in [1.807, 2.05) is 6.92 Å². The maximum atomic E-state index is 12.9. The van der Waals surface area contributed by atoms with Crippen molar-refractivity contribution in [3.05, 3.63) is 57.6 Å². The highest BCUT2D eigenvalue weighted by Gasteiger charge is 2.36. The third-order valence-corrected chi connectivity index (χ3v) is 6.82. The molecule has 0 radical (unpaired) electrons. The second-order valence-electron chi connectivity index (χ2n) is 9.32. The van der Waals surface area contributed by atoms with Gasteiger partial charge in [-0.25, -0.2) is 0 Å². The molecule has 38 heavy (non-hydrogen) atoms. The molecule has 1 aliphatic rings. The van der Waals surface area contributed by atoms with Crippen LogP contribution in [0, 0.1) is 6.92 Å². The lowest BCUT2D eigenvalue weighted by molar-refractivity contribution is 0.0190. The van der Waals surface area contributed by atoms with Crippen LogP contribution in [-0.2, 0) is 12.8 Å². The molecule has 0 aromatic heterocycles. The summed E-state index contributed by atoms with van der Waals surface area (Å²) in [6.45, 7) is 3.35. The first-order chi connectivity index (χ1) is 18.0. The van der Waals surface area contributed by atoms with E-state index < -0.39 is 29.5 Å². The minimum atomic E-state index is -1.15. The summed E-state index contributed by atoms with van der Waals surface area (Å²) in [5.41, 5.74) is 0.684. The van der Waals surface area contributed by atoms with Crippen molar-refractivity contribution in [2.45, 2.75) is 51.7 Å². The average molecular weight is 527 g/mol. The zero-order chi connectivity index (χ0) is 27.9. The summed E-state index contributed by atoms with van der Waals surface area (Å²) < 4.78 is 11.4. The van der Waals surface area contributed by atoms with Gasteiger partial charge in [-0.2, -0.15) is 0 Å². The maximum Gasteiger partial charge on any atom is 0.170 e. The van der Waals surface area contributed by atoms with Gasteiger partial charge < -0.3 is 45.2 Å². The summed E-state index contributed by atoms with van der Waals surface area (Å²) in [4.78, 5) is 12.9. The zero-order valence-electron chi connectivity index (χ0n) is 21.1. The highest BCUT2D eigenvalue weighted by molar-refractivity contribution is 6.02. The van der Waals surface area contributed by atoms with Crippen LogP contribution in [0.2, 0.25) is 0 Å². The topological polar surface area (TPSA) is 177 Å². The number of hydrogen-bond acceptors (Lipinski definition) is 10. The molecule has 0 bridgehead atoms. The first-order valence-corrected chi connectivity index (χ1v) is 12.1. The van der Waals surface area contributed by atoms with E-state index in [-0.39, 0.29) is 81.6 Å². The molecule has 7 N–H and O–H groups in total. The van der Waals surface area contributed by atoms with Crippen LogP contribution in [0.3, 0.4) is 0 Å². The van der Waals surface area contributed by atoms with Crippen LogP contribution >= 0.6 is 0 Å². The van der Waals surface area contributed by atoms with E-state index in [0.29, 0.717) is 12.0 Å². The summed E-state index contributed by atoms with van der Waals surface area (Å²) in [6, 6.07) is 4.99. The van der Waals surface area contributed by atoms with Gasteiger partial charge in [0.2, 0.25) is 0 Å². The van der Waals surface area contributed by atoms with Crippen LogP contribution in [0.25, 0.3) is 0 Å². The zero-order valence-corrected chi connectivity index (χ0v) is 21.1. The highest BCUT2D eigenvalue weighted by Crippen LogP contribution is 2.50. The number of hydrogen-bond donors (Lipinski definition) is 7. The number of ketones is 1. The molecule has 0 fully saturated rings. The molecule has 202 valence electrons. The summed E-state index contributed by atoms with van der Waals surface area (Å²) >= 11 is 0. The third-order valence-electron chi connectivity index (χ3n) is 6.82. The molecule has 0 saturated heterocycles. The molecular formula is C28H30O10. The van der Waals surface area contributed by atoms with Gasteiger partial charge in [0.15, 0.2) is 17.3 Å². The van der Waals surface area contributed by atoms with Gasteiger partial charge in [0.25, 0.3) is 0 Å². The van der Waals surface area contributed by atoms with Crippen molar-refractivity contribution in [1.82, 2.24) is 0 Å².